The quantitative estimate of drug-likeness (QED) is 0.717. The Hall–Kier alpha value is -2.48. The number of fused-ring (bicyclic) bond motifs is 4. The number of aromatic hydroxyl groups is 1. The van der Waals surface area contributed by atoms with Crippen LogP contribution in [0.15, 0.2) is 48.5 Å². The fourth-order valence-corrected chi connectivity index (χ4v) is 3.38. The third-order valence-corrected chi connectivity index (χ3v) is 4.35. The Labute approximate surface area is 123 Å². The van der Waals surface area contributed by atoms with Crippen LogP contribution in [0.3, 0.4) is 0 Å². The topological polar surface area (TPSA) is 29.5 Å². The summed E-state index contributed by atoms with van der Waals surface area (Å²) >= 11 is 0. The van der Waals surface area contributed by atoms with Gasteiger partial charge in [0, 0.05) is 5.56 Å². The third-order valence-electron chi connectivity index (χ3n) is 4.35. The van der Waals surface area contributed by atoms with E-state index in [1.807, 2.05) is 24.3 Å². The van der Waals surface area contributed by atoms with E-state index in [4.69, 9.17) is 4.74 Å². The summed E-state index contributed by atoms with van der Waals surface area (Å²) in [6, 6.07) is 16.4. The van der Waals surface area contributed by atoms with Crippen molar-refractivity contribution in [1.29, 1.82) is 0 Å². The van der Waals surface area contributed by atoms with Crippen molar-refractivity contribution in [3.8, 4) is 22.6 Å². The highest BCUT2D eigenvalue weighted by Gasteiger charge is 2.22. The van der Waals surface area contributed by atoms with E-state index in [1.165, 1.54) is 11.1 Å². The predicted molar refractivity (Wildman–Crippen MR) is 85.0 cm³/mol. The Morgan fingerprint density at radius 3 is 2.62 bits per heavy atom. The maximum atomic E-state index is 10.9. The van der Waals surface area contributed by atoms with Crippen LogP contribution in [0.4, 0.5) is 0 Å². The zero-order valence-electron chi connectivity index (χ0n) is 11.9. The smallest absolute Gasteiger partial charge is 0.135 e. The van der Waals surface area contributed by atoms with Crippen molar-refractivity contribution >= 4 is 10.8 Å². The first-order valence-electron chi connectivity index (χ1n) is 7.19. The Morgan fingerprint density at radius 2 is 1.76 bits per heavy atom. The molecule has 2 heteroatoms. The minimum absolute atomic E-state index is 0.340. The highest BCUT2D eigenvalue weighted by molar-refractivity contribution is 6.01. The molecular formula is C19H16O2. The van der Waals surface area contributed by atoms with Crippen LogP contribution < -0.4 is 4.74 Å². The van der Waals surface area contributed by atoms with Gasteiger partial charge in [-0.25, -0.2) is 0 Å². The zero-order chi connectivity index (χ0) is 14.4. The molecule has 0 saturated carbocycles. The summed E-state index contributed by atoms with van der Waals surface area (Å²) in [6.07, 6.45) is 1.99. The first-order valence-corrected chi connectivity index (χ1v) is 7.19. The van der Waals surface area contributed by atoms with Crippen molar-refractivity contribution in [2.45, 2.75) is 12.8 Å². The summed E-state index contributed by atoms with van der Waals surface area (Å²) < 4.78 is 5.43. The maximum absolute atomic E-state index is 10.9. The molecule has 0 unspecified atom stereocenters. The molecular weight excluding hydrogens is 260 g/mol. The van der Waals surface area contributed by atoms with Crippen LogP contribution in [0.5, 0.6) is 11.5 Å². The first kappa shape index (κ1) is 12.3. The van der Waals surface area contributed by atoms with E-state index in [0.29, 0.717) is 5.75 Å². The molecule has 1 aliphatic rings. The van der Waals surface area contributed by atoms with E-state index < -0.39 is 0 Å². The number of ether oxygens (including phenoxy) is 1. The summed E-state index contributed by atoms with van der Waals surface area (Å²) in [4.78, 5) is 0. The largest absolute Gasteiger partial charge is 0.506 e. The molecule has 0 saturated heterocycles. The second-order valence-electron chi connectivity index (χ2n) is 5.47. The minimum atomic E-state index is 0.340. The van der Waals surface area contributed by atoms with Crippen molar-refractivity contribution in [2.75, 3.05) is 7.11 Å². The standard InChI is InChI=1S/C19H16O2/c1-21-16-8-4-6-13-11-14-10-9-12-5-2-3-7-15(12)17(14)19(20)18(13)16/h2-8,11,20H,9-10H2,1H3. The Kier molecular flexibility index (Phi) is 2.64. The molecule has 1 N–H and O–H groups in total. The van der Waals surface area contributed by atoms with Crippen LogP contribution in [0, 0.1) is 0 Å². The van der Waals surface area contributed by atoms with Crippen molar-refractivity contribution in [2.24, 2.45) is 0 Å². The van der Waals surface area contributed by atoms with Crippen LogP contribution in [0.25, 0.3) is 21.9 Å². The predicted octanol–water partition coefficient (Wildman–Crippen LogP) is 4.32. The lowest BCUT2D eigenvalue weighted by Crippen LogP contribution is -2.04. The first-order chi connectivity index (χ1) is 10.3. The molecule has 2 nitrogen and oxygen atoms in total. The average molecular weight is 276 g/mol. The summed E-state index contributed by atoms with van der Waals surface area (Å²) in [5, 5.41) is 12.7. The lowest BCUT2D eigenvalue weighted by Gasteiger charge is -2.22. The number of phenolic OH excluding ortho intramolecular Hbond substituents is 1. The number of methoxy groups -OCH3 is 1. The number of rotatable bonds is 1. The molecule has 3 aromatic carbocycles. The summed E-state index contributed by atoms with van der Waals surface area (Å²) in [5.41, 5.74) is 4.62. The van der Waals surface area contributed by atoms with Gasteiger partial charge in [-0.15, -0.1) is 0 Å². The van der Waals surface area contributed by atoms with Gasteiger partial charge in [0.05, 0.1) is 12.5 Å². The van der Waals surface area contributed by atoms with Crippen molar-refractivity contribution in [3.63, 3.8) is 0 Å². The molecule has 0 atom stereocenters. The van der Waals surface area contributed by atoms with Gasteiger partial charge in [0.25, 0.3) is 0 Å². The Morgan fingerprint density at radius 1 is 0.952 bits per heavy atom. The molecule has 0 spiro atoms. The van der Waals surface area contributed by atoms with E-state index in [1.54, 1.807) is 7.11 Å². The van der Waals surface area contributed by atoms with E-state index >= 15 is 0 Å². The fourth-order valence-electron chi connectivity index (χ4n) is 3.38. The molecule has 0 aromatic heterocycles. The van der Waals surface area contributed by atoms with Gasteiger partial charge in [-0.05, 0) is 41.0 Å². The van der Waals surface area contributed by atoms with Gasteiger partial charge in [-0.3, -0.25) is 0 Å². The normalized spacial score (nSPS) is 12.8. The lowest BCUT2D eigenvalue weighted by molar-refractivity contribution is 0.416. The second-order valence-corrected chi connectivity index (χ2v) is 5.47. The highest BCUT2D eigenvalue weighted by Crippen LogP contribution is 2.46. The number of hydrogen-bond acceptors (Lipinski definition) is 2. The molecule has 0 fully saturated rings. The van der Waals surface area contributed by atoms with E-state index in [9.17, 15) is 5.11 Å². The third kappa shape index (κ3) is 1.72. The second kappa shape index (κ2) is 4.52. The summed E-state index contributed by atoms with van der Waals surface area (Å²) in [6.45, 7) is 0. The molecule has 3 aromatic rings. The number of hydrogen-bond donors (Lipinski definition) is 1. The Balaban J connectivity index is 2.12. The highest BCUT2D eigenvalue weighted by atomic mass is 16.5. The molecule has 0 radical (unpaired) electrons. The van der Waals surface area contributed by atoms with Gasteiger partial charge in [0.2, 0.25) is 0 Å². The number of phenols is 1. The molecule has 1 aliphatic carbocycles. The van der Waals surface area contributed by atoms with Crippen LogP contribution in [-0.4, -0.2) is 12.2 Å². The Bertz CT molecular complexity index is 850. The van der Waals surface area contributed by atoms with E-state index in [2.05, 4.69) is 24.3 Å². The van der Waals surface area contributed by atoms with Gasteiger partial charge >= 0.3 is 0 Å². The van der Waals surface area contributed by atoms with E-state index in [0.717, 1.165) is 40.5 Å². The monoisotopic (exact) mass is 276 g/mol. The fraction of sp³-hybridized carbons (Fsp3) is 0.158. The van der Waals surface area contributed by atoms with Crippen molar-refractivity contribution in [3.05, 3.63) is 59.7 Å². The SMILES string of the molecule is COc1cccc2cc3c(c(O)c12)-c1ccccc1CC3. The van der Waals surface area contributed by atoms with Gasteiger partial charge in [0.1, 0.15) is 11.5 Å². The molecule has 104 valence electrons. The van der Waals surface area contributed by atoms with Gasteiger partial charge in [-0.2, -0.15) is 0 Å². The van der Waals surface area contributed by atoms with Crippen LogP contribution >= 0.6 is 0 Å². The van der Waals surface area contributed by atoms with Gasteiger partial charge in [0.15, 0.2) is 0 Å². The molecule has 0 amide bonds. The van der Waals surface area contributed by atoms with Crippen LogP contribution in [-0.2, 0) is 12.8 Å². The molecule has 21 heavy (non-hydrogen) atoms. The number of benzene rings is 3. The zero-order valence-corrected chi connectivity index (χ0v) is 11.9. The summed E-state index contributed by atoms with van der Waals surface area (Å²) in [5.74, 6) is 1.06. The van der Waals surface area contributed by atoms with Crippen LogP contribution in [0.2, 0.25) is 0 Å². The molecule has 0 bridgehead atoms. The van der Waals surface area contributed by atoms with Crippen molar-refractivity contribution in [1.82, 2.24) is 0 Å². The van der Waals surface area contributed by atoms with Gasteiger partial charge < -0.3 is 9.84 Å². The minimum Gasteiger partial charge on any atom is -0.506 e. The molecule has 0 aliphatic heterocycles. The van der Waals surface area contributed by atoms with Crippen molar-refractivity contribution < 1.29 is 9.84 Å². The van der Waals surface area contributed by atoms with E-state index in [-0.39, 0.29) is 0 Å². The molecule has 0 heterocycles. The maximum Gasteiger partial charge on any atom is 0.135 e. The van der Waals surface area contributed by atoms with Crippen LogP contribution in [0.1, 0.15) is 11.1 Å². The lowest BCUT2D eigenvalue weighted by atomic mass is 9.83. The average Bonchev–Trinajstić information content (AvgIpc) is 2.53. The molecule has 4 rings (SSSR count). The number of aryl methyl sites for hydroxylation is 2. The van der Waals surface area contributed by atoms with Gasteiger partial charge in [-0.1, -0.05) is 42.5 Å². The summed E-state index contributed by atoms with van der Waals surface area (Å²) in [7, 11) is 1.64.